The van der Waals surface area contributed by atoms with Crippen LogP contribution in [0.1, 0.15) is 20.7 Å². The number of hydrogen-bond donors (Lipinski definition) is 1. The first-order chi connectivity index (χ1) is 12.0. The number of benzene rings is 2. The van der Waals surface area contributed by atoms with Crippen LogP contribution in [0, 0.1) is 46.5 Å². The van der Waals surface area contributed by atoms with Gasteiger partial charge >= 0.3 is 11.9 Å². The van der Waals surface area contributed by atoms with Crippen LogP contribution in [0.2, 0.25) is 0 Å². The lowest BCUT2D eigenvalue weighted by molar-refractivity contribution is 0.0666. The van der Waals surface area contributed by atoms with Gasteiger partial charge in [-0.05, 0) is 6.07 Å². The van der Waals surface area contributed by atoms with Gasteiger partial charge in [-0.15, -0.1) is 0 Å². The number of rotatable bonds is 3. The summed E-state index contributed by atoms with van der Waals surface area (Å²) < 4.78 is 110. The first kappa shape index (κ1) is 19.1. The van der Waals surface area contributed by atoms with Crippen molar-refractivity contribution in [2.45, 2.75) is 0 Å². The van der Waals surface area contributed by atoms with Crippen LogP contribution in [-0.4, -0.2) is 17.0 Å². The average molecular weight is 386 g/mol. The number of esters is 1. The Hall–Kier alpha value is -3.18. The molecule has 0 saturated carbocycles. The van der Waals surface area contributed by atoms with Crippen LogP contribution in [0.4, 0.5) is 35.1 Å². The maximum atomic E-state index is 13.6. The van der Waals surface area contributed by atoms with Crippen LogP contribution in [-0.2, 0) is 0 Å². The fourth-order valence-electron chi connectivity index (χ4n) is 1.77. The van der Waals surface area contributed by atoms with E-state index in [1.165, 1.54) is 0 Å². The Morgan fingerprint density at radius 1 is 0.731 bits per heavy atom. The minimum atomic E-state index is -2.58. The zero-order valence-electron chi connectivity index (χ0n) is 11.8. The smallest absolute Gasteiger partial charge is 0.346 e. The minimum Gasteiger partial charge on any atom is -0.477 e. The topological polar surface area (TPSA) is 63.6 Å². The number of halogens is 8. The number of carbonyl (C=O) groups is 2. The molecule has 26 heavy (non-hydrogen) atoms. The van der Waals surface area contributed by atoms with Gasteiger partial charge in [0.25, 0.3) is 0 Å². The molecule has 12 heteroatoms. The molecule has 0 heterocycles. The van der Waals surface area contributed by atoms with Gasteiger partial charge < -0.3 is 9.84 Å². The Kier molecular flexibility index (Phi) is 4.87. The number of ether oxygens (including phenoxy) is 1. The first-order valence-corrected chi connectivity index (χ1v) is 6.13. The normalized spacial score (nSPS) is 10.8. The van der Waals surface area contributed by atoms with Gasteiger partial charge in [0.15, 0.2) is 40.7 Å². The second kappa shape index (κ2) is 6.61. The summed E-state index contributed by atoms with van der Waals surface area (Å²) in [6.45, 7) is 0. The highest BCUT2D eigenvalue weighted by atomic mass is 19.2. The molecule has 0 amide bonds. The molecule has 0 aliphatic heterocycles. The molecule has 2 rings (SSSR count). The minimum absolute atomic E-state index is 0.231. The molecule has 0 bridgehead atoms. The third-order valence-electron chi connectivity index (χ3n) is 2.96. The summed E-state index contributed by atoms with van der Waals surface area (Å²) in [4.78, 5) is 22.5. The van der Waals surface area contributed by atoms with E-state index in [0.29, 0.717) is 0 Å². The summed E-state index contributed by atoms with van der Waals surface area (Å²) in [6, 6.07) is -0.231. The summed E-state index contributed by atoms with van der Waals surface area (Å²) in [5.74, 6) is -25.9. The summed E-state index contributed by atoms with van der Waals surface area (Å²) >= 11 is 0. The van der Waals surface area contributed by atoms with Crippen LogP contribution in [0.15, 0.2) is 6.07 Å². The van der Waals surface area contributed by atoms with E-state index in [1.54, 1.807) is 0 Å². The van der Waals surface area contributed by atoms with Crippen LogP contribution in [0.3, 0.4) is 0 Å². The fraction of sp³-hybridized carbons (Fsp3) is 0. The van der Waals surface area contributed by atoms with Gasteiger partial charge in [-0.1, -0.05) is 0 Å². The van der Waals surface area contributed by atoms with Crippen LogP contribution >= 0.6 is 0 Å². The van der Waals surface area contributed by atoms with Crippen molar-refractivity contribution in [2.24, 2.45) is 0 Å². The van der Waals surface area contributed by atoms with Gasteiger partial charge in [-0.3, -0.25) is 0 Å². The number of aromatic carboxylic acids is 1. The van der Waals surface area contributed by atoms with E-state index >= 15 is 0 Å². The lowest BCUT2D eigenvalue weighted by Gasteiger charge is -2.11. The molecule has 2 aromatic carbocycles. The lowest BCUT2D eigenvalue weighted by Crippen LogP contribution is -2.19. The molecule has 0 aliphatic carbocycles. The highest BCUT2D eigenvalue weighted by molar-refractivity contribution is 5.96. The highest BCUT2D eigenvalue weighted by Gasteiger charge is 2.33. The summed E-state index contributed by atoms with van der Waals surface area (Å²) in [6.07, 6.45) is 0. The zero-order chi connectivity index (χ0) is 19.9. The Balaban J connectivity index is 2.63. The van der Waals surface area contributed by atoms with Crippen molar-refractivity contribution in [3.8, 4) is 5.75 Å². The van der Waals surface area contributed by atoms with E-state index < -0.39 is 75.4 Å². The third kappa shape index (κ3) is 2.93. The van der Waals surface area contributed by atoms with E-state index in [0.717, 1.165) is 0 Å². The van der Waals surface area contributed by atoms with Gasteiger partial charge in [0, 0.05) is 0 Å². The second-order valence-corrected chi connectivity index (χ2v) is 4.50. The monoisotopic (exact) mass is 386 g/mol. The predicted molar refractivity (Wildman–Crippen MR) is 64.5 cm³/mol. The van der Waals surface area contributed by atoms with Crippen molar-refractivity contribution in [1.82, 2.24) is 0 Å². The summed E-state index contributed by atoms with van der Waals surface area (Å²) in [5, 5.41) is 8.72. The quantitative estimate of drug-likeness (QED) is 0.287. The van der Waals surface area contributed by atoms with Crippen molar-refractivity contribution >= 4 is 11.9 Å². The molecule has 0 fully saturated rings. The number of carbonyl (C=O) groups excluding carboxylic acids is 1. The van der Waals surface area contributed by atoms with Crippen molar-refractivity contribution in [3.05, 3.63) is 63.7 Å². The molecule has 0 unspecified atom stereocenters. The van der Waals surface area contributed by atoms with E-state index in [4.69, 9.17) is 5.11 Å². The maximum absolute atomic E-state index is 13.6. The Labute approximate surface area is 137 Å². The van der Waals surface area contributed by atoms with E-state index in [2.05, 4.69) is 4.74 Å². The lowest BCUT2D eigenvalue weighted by atomic mass is 10.1. The number of hydrogen-bond acceptors (Lipinski definition) is 3. The SMILES string of the molecule is O=C(Oc1c(F)c(F)c(F)c(F)c1C(=O)O)c1cc(F)c(F)c(F)c1F. The molecule has 1 N–H and O–H groups in total. The van der Waals surface area contributed by atoms with Crippen molar-refractivity contribution < 1.29 is 54.6 Å². The van der Waals surface area contributed by atoms with Crippen molar-refractivity contribution in [1.29, 1.82) is 0 Å². The maximum Gasteiger partial charge on any atom is 0.346 e. The average Bonchev–Trinajstić information content (AvgIpc) is 2.58. The summed E-state index contributed by atoms with van der Waals surface area (Å²) in [5.41, 5.74) is -3.68. The zero-order valence-corrected chi connectivity index (χ0v) is 11.8. The summed E-state index contributed by atoms with van der Waals surface area (Å²) in [7, 11) is 0. The molecular formula is C14H2F8O4. The Morgan fingerprint density at radius 2 is 1.23 bits per heavy atom. The molecule has 0 saturated heterocycles. The Morgan fingerprint density at radius 3 is 1.77 bits per heavy atom. The fourth-order valence-corrected chi connectivity index (χ4v) is 1.77. The third-order valence-corrected chi connectivity index (χ3v) is 2.96. The van der Waals surface area contributed by atoms with Gasteiger partial charge in [-0.25, -0.2) is 40.3 Å². The molecule has 0 spiro atoms. The molecule has 0 aromatic heterocycles. The van der Waals surface area contributed by atoms with Crippen molar-refractivity contribution in [3.63, 3.8) is 0 Å². The molecule has 0 aliphatic rings. The van der Waals surface area contributed by atoms with E-state index in [-0.39, 0.29) is 6.07 Å². The van der Waals surface area contributed by atoms with Gasteiger partial charge in [0.1, 0.15) is 11.1 Å². The van der Waals surface area contributed by atoms with Crippen molar-refractivity contribution in [2.75, 3.05) is 0 Å². The van der Waals surface area contributed by atoms with Gasteiger partial charge in [0.2, 0.25) is 11.6 Å². The van der Waals surface area contributed by atoms with Crippen LogP contribution < -0.4 is 4.74 Å². The van der Waals surface area contributed by atoms with Gasteiger partial charge in [-0.2, -0.15) is 4.39 Å². The van der Waals surface area contributed by atoms with E-state index in [1.807, 2.05) is 0 Å². The molecule has 2 aromatic rings. The standard InChI is InChI=1S/C14H2F8O4/c15-3-1-2(5(16)8(19)6(3)17)14(25)26-12-4(13(23)24)7(18)9(20)10(21)11(12)22/h1H,(H,23,24). The molecular weight excluding hydrogens is 384 g/mol. The second-order valence-electron chi connectivity index (χ2n) is 4.50. The molecule has 0 radical (unpaired) electrons. The molecule has 4 nitrogen and oxygen atoms in total. The highest BCUT2D eigenvalue weighted by Crippen LogP contribution is 2.31. The Bertz CT molecular complexity index is 957. The number of carboxylic acid groups (broad SMARTS) is 1. The molecule has 0 atom stereocenters. The first-order valence-electron chi connectivity index (χ1n) is 6.13. The van der Waals surface area contributed by atoms with E-state index in [9.17, 15) is 44.7 Å². The van der Waals surface area contributed by atoms with Crippen LogP contribution in [0.5, 0.6) is 5.75 Å². The van der Waals surface area contributed by atoms with Crippen LogP contribution in [0.25, 0.3) is 0 Å². The van der Waals surface area contributed by atoms with Gasteiger partial charge in [0.05, 0.1) is 0 Å². The predicted octanol–water partition coefficient (Wildman–Crippen LogP) is 3.72. The number of carboxylic acids is 1. The largest absolute Gasteiger partial charge is 0.477 e. The molecule has 138 valence electrons.